The van der Waals surface area contributed by atoms with Crippen LogP contribution in [0.2, 0.25) is 0 Å². The molecule has 0 aliphatic rings. The predicted octanol–water partition coefficient (Wildman–Crippen LogP) is 6.04. The van der Waals surface area contributed by atoms with E-state index in [9.17, 15) is 4.79 Å². The fraction of sp³-hybridized carbons (Fsp3) is 0.0333. The molecule has 0 aliphatic carbocycles. The van der Waals surface area contributed by atoms with Crippen molar-refractivity contribution < 1.29 is 4.79 Å². The van der Waals surface area contributed by atoms with Crippen LogP contribution in [0.5, 0.6) is 0 Å². The Morgan fingerprint density at radius 1 is 0.561 bits per heavy atom. The molecule has 10 nitrogen and oxygen atoms in total. The van der Waals surface area contributed by atoms with E-state index in [4.69, 9.17) is 21.5 Å². The third-order valence-electron chi connectivity index (χ3n) is 5.84. The van der Waals surface area contributed by atoms with Gasteiger partial charge in [0.05, 0.1) is 11.6 Å². The van der Waals surface area contributed by atoms with Crippen LogP contribution in [-0.2, 0) is 0 Å². The third kappa shape index (κ3) is 8.16. The molecule has 0 bridgehead atoms. The van der Waals surface area contributed by atoms with Crippen LogP contribution in [0, 0.1) is 27.6 Å². The van der Waals surface area contributed by atoms with E-state index in [0.717, 1.165) is 11.3 Å². The number of hydrogen-bond donors (Lipinski definition) is 8. The second kappa shape index (κ2) is 13.9. The van der Waals surface area contributed by atoms with Crippen molar-refractivity contribution in [2.24, 2.45) is 0 Å². The number of carbonyl (C=O) groups is 1. The molecule has 0 aromatic heterocycles. The van der Waals surface area contributed by atoms with E-state index in [1.807, 2.05) is 30.3 Å². The monoisotopic (exact) mass is 565 g/mol. The highest BCUT2D eigenvalue weighted by Gasteiger charge is 2.08. The second-order valence-electron chi connectivity index (χ2n) is 8.63. The molecular formula is C30H28ClN9O. The molecule has 4 aromatic rings. The number of nitrogens with one attached hydrogen (secondary N) is 8. The summed E-state index contributed by atoms with van der Waals surface area (Å²) in [5.41, 5.74) is 5.14. The third-order valence-corrected chi connectivity index (χ3v) is 5.84. The molecule has 4 rings (SSSR count). The molecule has 206 valence electrons. The van der Waals surface area contributed by atoms with Crippen molar-refractivity contribution in [2.75, 3.05) is 28.3 Å². The average molecular weight is 566 g/mol. The molecule has 2 amide bonds. The molecule has 0 saturated carbocycles. The first-order valence-corrected chi connectivity index (χ1v) is 12.2. The fourth-order valence-corrected chi connectivity index (χ4v) is 3.66. The van der Waals surface area contributed by atoms with Gasteiger partial charge in [0.25, 0.3) is 0 Å². The molecule has 0 heterocycles. The van der Waals surface area contributed by atoms with E-state index >= 15 is 0 Å². The maximum Gasteiger partial charge on any atom is 0.323 e. The highest BCUT2D eigenvalue weighted by atomic mass is 35.5. The van der Waals surface area contributed by atoms with Gasteiger partial charge < -0.3 is 26.6 Å². The van der Waals surface area contributed by atoms with Crippen molar-refractivity contribution in [1.29, 1.82) is 21.5 Å². The molecular weight excluding hydrogens is 538 g/mol. The zero-order valence-corrected chi connectivity index (χ0v) is 22.8. The van der Waals surface area contributed by atoms with Crippen molar-refractivity contribution in [3.05, 3.63) is 119 Å². The lowest BCUT2D eigenvalue weighted by molar-refractivity contribution is 0.262. The second-order valence-corrected chi connectivity index (χ2v) is 8.63. The minimum absolute atomic E-state index is 0. The van der Waals surface area contributed by atoms with E-state index < -0.39 is 6.03 Å². The van der Waals surface area contributed by atoms with Crippen LogP contribution in [0.25, 0.3) is 0 Å². The number of carbonyl (C=O) groups excluding carboxylic acids is 1. The first-order valence-electron chi connectivity index (χ1n) is 12.2. The summed E-state index contributed by atoms with van der Waals surface area (Å²) in [7, 11) is 1.70. The highest BCUT2D eigenvalue weighted by Crippen LogP contribution is 2.16. The zero-order valence-electron chi connectivity index (χ0n) is 22.0. The average Bonchev–Trinajstić information content (AvgIpc) is 2.98. The van der Waals surface area contributed by atoms with E-state index in [-0.39, 0.29) is 24.1 Å². The van der Waals surface area contributed by atoms with Crippen molar-refractivity contribution in [1.82, 2.24) is 5.32 Å². The summed E-state index contributed by atoms with van der Waals surface area (Å²) >= 11 is 0. The van der Waals surface area contributed by atoms with Gasteiger partial charge in [-0.05, 0) is 97.1 Å². The first kappa shape index (κ1) is 29.9. The molecule has 0 fully saturated rings. The van der Waals surface area contributed by atoms with Crippen LogP contribution in [0.15, 0.2) is 97.1 Å². The van der Waals surface area contributed by atoms with Gasteiger partial charge in [-0.2, -0.15) is 5.26 Å². The molecule has 0 atom stereocenters. The van der Waals surface area contributed by atoms with Gasteiger partial charge in [-0.25, -0.2) is 4.79 Å². The molecule has 11 heteroatoms. The summed E-state index contributed by atoms with van der Waals surface area (Å²) in [4.78, 5) is 12.3. The molecule has 0 saturated heterocycles. The minimum Gasteiger partial charge on any atom is -0.373 e. The van der Waals surface area contributed by atoms with E-state index in [0.29, 0.717) is 39.6 Å². The Kier molecular flexibility index (Phi) is 10.2. The van der Waals surface area contributed by atoms with Crippen molar-refractivity contribution in [3.63, 3.8) is 0 Å². The molecule has 8 N–H and O–H groups in total. The highest BCUT2D eigenvalue weighted by molar-refractivity contribution is 6.08. The number of benzene rings is 4. The van der Waals surface area contributed by atoms with Crippen LogP contribution < -0.4 is 26.6 Å². The number of amidine groups is 3. The van der Waals surface area contributed by atoms with Gasteiger partial charge in [0.2, 0.25) is 0 Å². The number of nitrogens with zero attached hydrogens (tertiary/aromatic N) is 1. The number of halogens is 1. The fourth-order valence-electron chi connectivity index (χ4n) is 3.66. The van der Waals surface area contributed by atoms with Gasteiger partial charge in [-0.1, -0.05) is 0 Å². The van der Waals surface area contributed by atoms with Gasteiger partial charge >= 0.3 is 6.03 Å². The summed E-state index contributed by atoms with van der Waals surface area (Å²) in [6.45, 7) is 0. The Hall–Kier alpha value is -5.66. The Morgan fingerprint density at radius 3 is 1.22 bits per heavy atom. The SMILES string of the molecule is CNC(=N)c1ccc(NC(=N)c2ccc(NC(=N)c3ccc(NC(=O)Nc4ccc(C#N)cc4)cc3)cc2)cc1.Cl. The standard InChI is InChI=1S/C30H27N9O.ClH/c1-35-27(32)20-4-12-23(13-5-20)36-28(33)21-6-14-24(15-7-21)37-29(34)22-8-16-26(17-9-22)39-30(40)38-25-10-2-19(18-31)3-11-25;/h2-17H,1H3,(H2,32,35)(H2,33,36)(H2,34,37)(H2,38,39,40);1H. The number of amides is 2. The van der Waals surface area contributed by atoms with Crippen molar-refractivity contribution in [3.8, 4) is 6.07 Å². The number of rotatable bonds is 7. The Morgan fingerprint density at radius 2 is 0.878 bits per heavy atom. The Bertz CT molecular complexity index is 1580. The van der Waals surface area contributed by atoms with E-state index in [2.05, 4.69) is 26.6 Å². The lowest BCUT2D eigenvalue weighted by atomic mass is 10.1. The number of anilines is 4. The largest absolute Gasteiger partial charge is 0.373 e. The van der Waals surface area contributed by atoms with E-state index in [1.165, 1.54) is 0 Å². The van der Waals surface area contributed by atoms with Gasteiger partial charge in [0.1, 0.15) is 17.5 Å². The quantitative estimate of drug-likeness (QED) is 0.100. The number of urea groups is 1. The van der Waals surface area contributed by atoms with Crippen LogP contribution in [0.4, 0.5) is 27.5 Å². The summed E-state index contributed by atoms with van der Waals surface area (Å²) in [6, 6.07) is 29.4. The van der Waals surface area contributed by atoms with Gasteiger partial charge in [-0.3, -0.25) is 16.2 Å². The molecule has 4 aromatic carbocycles. The van der Waals surface area contributed by atoms with E-state index in [1.54, 1.807) is 79.8 Å². The lowest BCUT2D eigenvalue weighted by Gasteiger charge is -2.12. The van der Waals surface area contributed by atoms with Crippen LogP contribution >= 0.6 is 12.4 Å². The summed E-state index contributed by atoms with van der Waals surface area (Å²) in [5.74, 6) is 0.734. The lowest BCUT2D eigenvalue weighted by Crippen LogP contribution is -2.19. The molecule has 0 aliphatic heterocycles. The maximum atomic E-state index is 12.3. The summed E-state index contributed by atoms with van der Waals surface area (Å²) < 4.78 is 0. The topological polar surface area (TPSA) is 173 Å². The van der Waals surface area contributed by atoms with Crippen LogP contribution in [0.3, 0.4) is 0 Å². The molecule has 0 radical (unpaired) electrons. The minimum atomic E-state index is -0.419. The molecule has 0 spiro atoms. The molecule has 41 heavy (non-hydrogen) atoms. The van der Waals surface area contributed by atoms with Crippen LogP contribution in [0.1, 0.15) is 22.3 Å². The Labute approximate surface area is 243 Å². The van der Waals surface area contributed by atoms with Gasteiger partial charge in [0, 0.05) is 46.5 Å². The molecule has 0 unspecified atom stereocenters. The predicted molar refractivity (Wildman–Crippen MR) is 167 cm³/mol. The normalized spacial score (nSPS) is 9.76. The smallest absolute Gasteiger partial charge is 0.323 e. The first-order chi connectivity index (χ1) is 19.3. The van der Waals surface area contributed by atoms with Crippen molar-refractivity contribution >= 4 is 58.7 Å². The number of hydrogen-bond acceptors (Lipinski definition) is 5. The Balaban J connectivity index is 0.00000462. The van der Waals surface area contributed by atoms with Gasteiger partial charge in [0.15, 0.2) is 0 Å². The van der Waals surface area contributed by atoms with Crippen LogP contribution in [-0.4, -0.2) is 30.6 Å². The van der Waals surface area contributed by atoms with Gasteiger partial charge in [-0.15, -0.1) is 12.4 Å². The number of nitriles is 1. The zero-order chi connectivity index (χ0) is 28.5. The summed E-state index contributed by atoms with van der Waals surface area (Å²) in [6.07, 6.45) is 0. The maximum absolute atomic E-state index is 12.3. The summed E-state index contributed by atoms with van der Waals surface area (Å²) in [5, 5.41) is 47.8. The van der Waals surface area contributed by atoms with Crippen molar-refractivity contribution in [2.45, 2.75) is 0 Å².